The molecule has 0 aliphatic rings. The van der Waals surface area contributed by atoms with Gasteiger partial charge in [0.05, 0.1) is 39.8 Å². The second-order valence-electron chi connectivity index (χ2n) is 27.7. The van der Waals surface area contributed by atoms with Gasteiger partial charge in [0.15, 0.2) is 5.75 Å². The van der Waals surface area contributed by atoms with Gasteiger partial charge in [0.25, 0.3) is 29.5 Å². The molecule has 6 aromatic heterocycles. The first-order valence-corrected chi connectivity index (χ1v) is 40.1. The number of halogens is 1. The highest BCUT2D eigenvalue weighted by atomic mass is 19.1. The van der Waals surface area contributed by atoms with Crippen LogP contribution < -0.4 is 100 Å². The molecule has 19 N–H and O–H groups in total. The molecule has 16 rings (SSSR count). The predicted octanol–water partition coefficient (Wildman–Crippen LogP) is 16.8. The molecular weight excluding hydrogens is 1680 g/mol. The van der Waals surface area contributed by atoms with E-state index in [0.717, 1.165) is 39.7 Å². The Balaban J connectivity index is 0.000000149. The minimum atomic E-state index is -0.647. The van der Waals surface area contributed by atoms with Crippen molar-refractivity contribution in [2.24, 2.45) is 28.7 Å². The Kier molecular flexibility index (Phi) is 32.4. The van der Waals surface area contributed by atoms with E-state index >= 15 is 0 Å². The number of nitrogens with one attached hydrogen (secondary N) is 9. The summed E-state index contributed by atoms with van der Waals surface area (Å²) in [5, 5.41) is 27.5. The lowest BCUT2D eigenvalue weighted by atomic mass is 10.1. The van der Waals surface area contributed by atoms with Gasteiger partial charge in [0.1, 0.15) is 103 Å². The van der Waals surface area contributed by atoms with Crippen LogP contribution in [0.5, 0.6) is 34.5 Å². The molecule has 0 unspecified atom stereocenters. The molecule has 0 fully saturated rings. The van der Waals surface area contributed by atoms with Crippen LogP contribution in [0.1, 0.15) is 68.9 Å². The first-order chi connectivity index (χ1) is 64.1. The molecule has 0 bridgehead atoms. The Hall–Kier alpha value is -18.8. The summed E-state index contributed by atoms with van der Waals surface area (Å²) in [5.74, 6) is 4.29. The van der Waals surface area contributed by atoms with Crippen molar-refractivity contribution in [2.45, 2.75) is 13.3 Å². The molecule has 10 aromatic carbocycles. The van der Waals surface area contributed by atoms with E-state index in [-0.39, 0.29) is 51.3 Å². The van der Waals surface area contributed by atoms with Crippen molar-refractivity contribution in [3.63, 3.8) is 0 Å². The molecule has 0 atom stereocenters. The second-order valence-corrected chi connectivity index (χ2v) is 27.7. The minimum absolute atomic E-state index is 0.156. The lowest BCUT2D eigenvalue weighted by Gasteiger charge is -2.14. The summed E-state index contributed by atoms with van der Waals surface area (Å²) in [4.78, 5) is 105. The van der Waals surface area contributed by atoms with Gasteiger partial charge < -0.3 is 100 Å². The fourth-order valence-electron chi connectivity index (χ4n) is 11.9. The van der Waals surface area contributed by atoms with E-state index in [1.54, 1.807) is 64.8 Å². The summed E-state index contributed by atoms with van der Waals surface area (Å²) in [6.07, 6.45) is 7.35. The average Bonchev–Trinajstić information content (AvgIpc) is 0.791. The van der Waals surface area contributed by atoms with Crippen molar-refractivity contribution in [1.82, 2.24) is 54.8 Å². The van der Waals surface area contributed by atoms with Crippen molar-refractivity contribution >= 4 is 134 Å². The topological polar surface area (TPSA) is 512 Å². The van der Waals surface area contributed by atoms with Crippen molar-refractivity contribution in [2.75, 3.05) is 76.3 Å². The van der Waals surface area contributed by atoms with E-state index in [4.69, 9.17) is 52.4 Å². The van der Waals surface area contributed by atoms with E-state index in [2.05, 4.69) is 103 Å². The highest BCUT2D eigenvalue weighted by molar-refractivity contribution is 6.01. The highest BCUT2D eigenvalue weighted by Gasteiger charge is 2.21. The normalized spacial score (nSPS) is 10.2. The number of aromatic nitrogens is 11. The van der Waals surface area contributed by atoms with Gasteiger partial charge in [0.2, 0.25) is 23.8 Å². The minimum Gasteiger partial charge on any atom is -0.497 e. The quantitative estimate of drug-likeness (QED) is 0.0192. The molecule has 0 saturated heterocycles. The van der Waals surface area contributed by atoms with Gasteiger partial charge in [-0.05, 0) is 152 Å². The van der Waals surface area contributed by atoms with Crippen molar-refractivity contribution in [3.8, 4) is 34.5 Å². The number of hydrogen-bond acceptors (Lipinski definition) is 30. The van der Waals surface area contributed by atoms with E-state index < -0.39 is 29.5 Å². The number of rotatable bonds is 31. The summed E-state index contributed by atoms with van der Waals surface area (Å²) in [6, 6.07) is 86.0. The third-order valence-corrected chi connectivity index (χ3v) is 18.2. The van der Waals surface area contributed by atoms with E-state index in [0.29, 0.717) is 105 Å². The van der Waals surface area contributed by atoms with E-state index in [9.17, 15) is 28.4 Å². The predicted molar refractivity (Wildman–Crippen MR) is 505 cm³/mol. The van der Waals surface area contributed by atoms with Gasteiger partial charge in [0, 0.05) is 89.4 Å². The number of amides is 5. The maximum atomic E-state index is 13.3. The van der Waals surface area contributed by atoms with Crippen LogP contribution in [-0.4, -0.2) is 113 Å². The number of carbonyl (C=O) groups excluding carboxylic acids is 5. The number of primary amides is 5. The van der Waals surface area contributed by atoms with Crippen LogP contribution in [0.25, 0.3) is 0 Å². The zero-order chi connectivity index (χ0) is 93.1. The first kappa shape index (κ1) is 92.4. The molecule has 0 spiro atoms. The lowest BCUT2D eigenvalue weighted by molar-refractivity contribution is 0.0992. The third-order valence-electron chi connectivity index (χ3n) is 18.2. The molecule has 0 aliphatic carbocycles. The number of pyridine rings is 1. The van der Waals surface area contributed by atoms with Gasteiger partial charge in [-0.25, -0.2) is 39.3 Å². The summed E-state index contributed by atoms with van der Waals surface area (Å²) in [6.45, 7) is 1.89. The van der Waals surface area contributed by atoms with Crippen molar-refractivity contribution < 1.29 is 52.0 Å². The molecule has 5 amide bonds. The van der Waals surface area contributed by atoms with E-state index in [1.165, 1.54) is 43.1 Å². The molecular formula is C96H88FN25O10. The Labute approximate surface area is 756 Å². The van der Waals surface area contributed by atoms with Gasteiger partial charge in [-0.3, -0.25) is 24.0 Å². The zero-order valence-electron chi connectivity index (χ0n) is 71.5. The number of carbonyl (C=O) groups is 5. The van der Waals surface area contributed by atoms with Crippen LogP contribution in [0.3, 0.4) is 0 Å². The summed E-state index contributed by atoms with van der Waals surface area (Å²) < 4.78 is 40.4. The lowest BCUT2D eigenvalue weighted by Crippen LogP contribution is -2.16. The SMILES string of the molecule is COc1cc(Cc2ncc(C(N)=O)c(Nc3ccccc3)n2)cc(OC)c1.COc1ccc(Nc2ncc(C(N)=O)c(Nc3ccccc3)n2)c(OC)c1.Cc1cccc(Nc2ncc(C(N)=O)c(Nc3ccccc3)n2)n1.NC(=O)c1cnc(Nc2cccc(F)c2)nc1Nc1ccccc1.NC(=O)c1cnc(Nc2ccccc2Oc2ccccc2)nc1Nc1ccccc1. The Morgan fingerprint density at radius 3 is 1.05 bits per heavy atom. The van der Waals surface area contributed by atoms with Crippen LogP contribution in [0.15, 0.2) is 316 Å². The number of anilines is 18. The monoisotopic (exact) mass is 1770 g/mol. The second kappa shape index (κ2) is 46.3. The number of nitrogens with two attached hydrogens (primary N) is 5. The van der Waals surface area contributed by atoms with E-state index in [1.807, 2.05) is 244 Å². The van der Waals surface area contributed by atoms with Gasteiger partial charge >= 0.3 is 0 Å². The van der Waals surface area contributed by atoms with Crippen LogP contribution in [0.2, 0.25) is 0 Å². The van der Waals surface area contributed by atoms with Gasteiger partial charge in [-0.1, -0.05) is 133 Å². The molecule has 664 valence electrons. The Morgan fingerprint density at radius 2 is 0.652 bits per heavy atom. The zero-order valence-corrected chi connectivity index (χ0v) is 71.5. The van der Waals surface area contributed by atoms with Gasteiger partial charge in [-0.2, -0.15) is 19.9 Å². The van der Waals surface area contributed by atoms with Crippen molar-refractivity contribution in [3.05, 3.63) is 367 Å². The van der Waals surface area contributed by atoms with Crippen LogP contribution in [0.4, 0.5) is 109 Å². The number of para-hydroxylation sites is 8. The molecule has 0 aliphatic heterocycles. The fourth-order valence-corrected chi connectivity index (χ4v) is 11.9. The van der Waals surface area contributed by atoms with Gasteiger partial charge in [-0.15, -0.1) is 0 Å². The number of benzene rings is 10. The summed E-state index contributed by atoms with van der Waals surface area (Å²) in [5.41, 5.74) is 35.6. The maximum Gasteiger partial charge on any atom is 0.254 e. The fraction of sp³-hybridized carbons (Fsp3) is 0.0625. The summed E-state index contributed by atoms with van der Waals surface area (Å²) in [7, 11) is 6.33. The molecule has 36 heteroatoms. The molecule has 0 saturated carbocycles. The first-order valence-electron chi connectivity index (χ1n) is 40.1. The van der Waals surface area contributed by atoms with Crippen LogP contribution in [-0.2, 0) is 6.42 Å². The molecule has 0 radical (unpaired) electrons. The average molecular weight is 1770 g/mol. The number of ether oxygens (including phenoxy) is 5. The number of aryl methyl sites for hydroxylation is 1. The number of hydrogen-bond donors (Lipinski definition) is 14. The Bertz CT molecular complexity index is 6450. The molecule has 132 heavy (non-hydrogen) atoms. The number of methoxy groups -OCH3 is 4. The Morgan fingerprint density at radius 1 is 0.295 bits per heavy atom. The maximum absolute atomic E-state index is 13.3. The van der Waals surface area contributed by atoms with Crippen LogP contribution >= 0.6 is 0 Å². The highest BCUT2D eigenvalue weighted by Crippen LogP contribution is 2.35. The largest absolute Gasteiger partial charge is 0.497 e. The summed E-state index contributed by atoms with van der Waals surface area (Å²) >= 11 is 0. The molecule has 6 heterocycles. The third kappa shape index (κ3) is 27.4. The van der Waals surface area contributed by atoms with Crippen LogP contribution in [0, 0.1) is 12.7 Å². The smallest absolute Gasteiger partial charge is 0.254 e. The molecule has 35 nitrogen and oxygen atoms in total. The number of nitrogens with zero attached hydrogens (tertiary/aromatic N) is 11. The molecule has 16 aromatic rings. The standard InChI is InChI=1S/C23H19N5O2.C20H20N4O3.C19H19N5O3.C17H14FN5O.C17H16N6O/c24-21(29)18-15-25-23(28-22(18)26-16-9-3-1-4-10-16)27-19-13-7-8-14-20(19)30-17-11-5-2-6-12-17;1-26-15-8-13(9-16(11-15)27-2)10-18-22-12-17(19(21)25)20(24-18)23-14-6-4-3-5-7-14;1-26-13-8-9-15(16(10-13)27-2)23-19-21-11-14(17(20)25)18(24-19)22-12-6-4-3-5-7-12;18-11-5-4-8-13(9-11)22-17-20-10-14(15(19)24)16(23-17)21-12-6-2-1-3-7-12;1-11-6-5-9-14(20-11)22-17-19-10-13(15(18)24)16(23-17)21-12-7-3-2-4-8-12/h1-15H,(H2,24,29)(H2,25,26,27,28);3-9,11-12H,10H2,1-2H3,(H2,21,25)(H,22,23,24);3-11H,1-2H3,(H2,20,25)(H2,21,22,23,24);1-10H,(H2,19,24)(H2,20,21,22,23);2-10H,1H3,(H2,18,24)(H2,19,20,21,22,23). The van der Waals surface area contributed by atoms with Crippen molar-refractivity contribution in [1.29, 1.82) is 0 Å².